The highest BCUT2D eigenvalue weighted by Crippen LogP contribution is 2.25. The molecule has 1 fully saturated rings. The van der Waals surface area contributed by atoms with Crippen molar-refractivity contribution in [3.05, 3.63) is 0 Å². The van der Waals surface area contributed by atoms with Crippen molar-refractivity contribution < 1.29 is 0 Å². The molecule has 0 aromatic heterocycles. The van der Waals surface area contributed by atoms with Gasteiger partial charge in [0.05, 0.1) is 0 Å². The largest absolute Gasteiger partial charge is 0.0654 e. The summed E-state index contributed by atoms with van der Waals surface area (Å²) in [5.41, 5.74) is 0. The normalized spacial score (nSPS) is 17.1. The average molecular weight is 226 g/mol. The molecular formula is C16H34. The highest BCUT2D eigenvalue weighted by molar-refractivity contribution is 4.63. The van der Waals surface area contributed by atoms with Crippen LogP contribution in [0.25, 0.3) is 0 Å². The third-order valence-electron chi connectivity index (χ3n) is 4.15. The first-order valence-corrected chi connectivity index (χ1v) is 7.78. The molecule has 1 aliphatic rings. The third-order valence-corrected chi connectivity index (χ3v) is 4.15. The fraction of sp³-hybridized carbons (Fsp3) is 1.00. The van der Waals surface area contributed by atoms with Crippen LogP contribution in [-0.2, 0) is 0 Å². The molecule has 0 N–H and O–H groups in total. The van der Waals surface area contributed by atoms with Crippen molar-refractivity contribution in [2.45, 2.75) is 91.9 Å². The zero-order valence-electron chi connectivity index (χ0n) is 12.2. The molecule has 0 radical (unpaired) electrons. The Balaban J connectivity index is 0.000000281. The molecule has 0 unspecified atom stereocenters. The van der Waals surface area contributed by atoms with Gasteiger partial charge in [-0.05, 0) is 11.8 Å². The molecular weight excluding hydrogens is 192 g/mol. The van der Waals surface area contributed by atoms with Crippen molar-refractivity contribution in [2.24, 2.45) is 11.8 Å². The van der Waals surface area contributed by atoms with Crippen molar-refractivity contribution in [3.63, 3.8) is 0 Å². The van der Waals surface area contributed by atoms with Crippen LogP contribution in [0.1, 0.15) is 91.9 Å². The summed E-state index contributed by atoms with van der Waals surface area (Å²) in [6, 6.07) is 0. The Morgan fingerprint density at radius 1 is 0.875 bits per heavy atom. The first-order valence-electron chi connectivity index (χ1n) is 7.78. The molecule has 1 aliphatic carbocycles. The smallest absolute Gasteiger partial charge is 0.0417 e. The van der Waals surface area contributed by atoms with Gasteiger partial charge in [0.25, 0.3) is 0 Å². The fourth-order valence-electron chi connectivity index (χ4n) is 2.70. The minimum atomic E-state index is 1.000. The van der Waals surface area contributed by atoms with Crippen LogP contribution in [0.15, 0.2) is 0 Å². The van der Waals surface area contributed by atoms with Crippen molar-refractivity contribution in [1.82, 2.24) is 0 Å². The van der Waals surface area contributed by atoms with Crippen LogP contribution >= 0.6 is 0 Å². The lowest BCUT2D eigenvalue weighted by atomic mass is 9.88. The quantitative estimate of drug-likeness (QED) is 0.523. The first kappa shape index (κ1) is 16.0. The highest BCUT2D eigenvalue weighted by Gasteiger charge is 2.09. The summed E-state index contributed by atoms with van der Waals surface area (Å²) in [6.07, 6.45) is 14.4. The van der Waals surface area contributed by atoms with Crippen molar-refractivity contribution in [1.29, 1.82) is 0 Å². The minimum Gasteiger partial charge on any atom is -0.0654 e. The molecule has 0 aromatic rings. The van der Waals surface area contributed by atoms with Gasteiger partial charge in [-0.2, -0.15) is 0 Å². The molecule has 1 saturated carbocycles. The van der Waals surface area contributed by atoms with Gasteiger partial charge in [0.15, 0.2) is 0 Å². The SMILES string of the molecule is CCC1CCCCC1.CCCC(CC)CC. The zero-order valence-corrected chi connectivity index (χ0v) is 12.2. The zero-order chi connectivity index (χ0) is 12.2. The fourth-order valence-corrected chi connectivity index (χ4v) is 2.70. The molecule has 0 bridgehead atoms. The minimum absolute atomic E-state index is 1.000. The molecule has 0 amide bonds. The van der Waals surface area contributed by atoms with Gasteiger partial charge in [-0.1, -0.05) is 91.9 Å². The van der Waals surface area contributed by atoms with E-state index < -0.39 is 0 Å². The van der Waals surface area contributed by atoms with E-state index in [9.17, 15) is 0 Å². The predicted molar refractivity (Wildman–Crippen MR) is 75.8 cm³/mol. The monoisotopic (exact) mass is 226 g/mol. The van der Waals surface area contributed by atoms with Gasteiger partial charge >= 0.3 is 0 Å². The molecule has 0 saturated heterocycles. The van der Waals surface area contributed by atoms with Crippen LogP contribution in [0.5, 0.6) is 0 Å². The molecule has 0 aliphatic heterocycles. The Labute approximate surface area is 104 Å². The van der Waals surface area contributed by atoms with Gasteiger partial charge in [-0.25, -0.2) is 0 Å². The summed E-state index contributed by atoms with van der Waals surface area (Å²) >= 11 is 0. The van der Waals surface area contributed by atoms with Crippen LogP contribution in [0.4, 0.5) is 0 Å². The second-order valence-corrected chi connectivity index (χ2v) is 5.38. The summed E-state index contributed by atoms with van der Waals surface area (Å²) in [7, 11) is 0. The maximum absolute atomic E-state index is 2.32. The summed E-state index contributed by atoms with van der Waals surface area (Å²) in [5, 5.41) is 0. The number of hydrogen-bond acceptors (Lipinski definition) is 0. The first-order chi connectivity index (χ1) is 7.78. The predicted octanol–water partition coefficient (Wildman–Crippen LogP) is 6.20. The van der Waals surface area contributed by atoms with Gasteiger partial charge in [0, 0.05) is 0 Å². The highest BCUT2D eigenvalue weighted by atomic mass is 14.2. The van der Waals surface area contributed by atoms with E-state index in [0.717, 1.165) is 11.8 Å². The van der Waals surface area contributed by atoms with E-state index in [2.05, 4.69) is 27.7 Å². The van der Waals surface area contributed by atoms with Gasteiger partial charge in [-0.3, -0.25) is 0 Å². The van der Waals surface area contributed by atoms with Crippen LogP contribution in [-0.4, -0.2) is 0 Å². The Bertz CT molecular complexity index is 111. The van der Waals surface area contributed by atoms with Gasteiger partial charge in [0.1, 0.15) is 0 Å². The van der Waals surface area contributed by atoms with Crippen molar-refractivity contribution in [2.75, 3.05) is 0 Å². The second kappa shape index (κ2) is 11.5. The van der Waals surface area contributed by atoms with Crippen molar-refractivity contribution >= 4 is 0 Å². The maximum atomic E-state index is 2.32. The van der Waals surface area contributed by atoms with Crippen LogP contribution < -0.4 is 0 Å². The summed E-state index contributed by atoms with van der Waals surface area (Å²) in [4.78, 5) is 0. The van der Waals surface area contributed by atoms with E-state index in [4.69, 9.17) is 0 Å². The van der Waals surface area contributed by atoms with Gasteiger partial charge in [0.2, 0.25) is 0 Å². The van der Waals surface area contributed by atoms with E-state index in [1.165, 1.54) is 64.2 Å². The van der Waals surface area contributed by atoms with Crippen LogP contribution in [0.3, 0.4) is 0 Å². The van der Waals surface area contributed by atoms with Crippen molar-refractivity contribution in [3.8, 4) is 0 Å². The standard InChI is InChI=1S/C8H16.C8H18/c1-2-8-6-4-3-5-7-8;1-4-7-8(5-2)6-3/h8H,2-7H2,1H3;8H,4-7H2,1-3H3. The molecule has 1 rings (SSSR count). The molecule has 0 heteroatoms. The third kappa shape index (κ3) is 8.19. The molecule has 0 atom stereocenters. The molecule has 0 aromatic carbocycles. The molecule has 98 valence electrons. The topological polar surface area (TPSA) is 0 Å². The lowest BCUT2D eigenvalue weighted by Crippen LogP contribution is -2.03. The van der Waals surface area contributed by atoms with E-state index in [-0.39, 0.29) is 0 Å². The Kier molecular flexibility index (Phi) is 11.5. The molecule has 0 spiro atoms. The average Bonchev–Trinajstić information content (AvgIpc) is 2.37. The molecule has 16 heavy (non-hydrogen) atoms. The van der Waals surface area contributed by atoms with E-state index in [1.54, 1.807) is 0 Å². The van der Waals surface area contributed by atoms with E-state index >= 15 is 0 Å². The maximum Gasteiger partial charge on any atom is -0.0417 e. The molecule has 0 nitrogen and oxygen atoms in total. The van der Waals surface area contributed by atoms with Crippen LogP contribution in [0, 0.1) is 11.8 Å². The van der Waals surface area contributed by atoms with Gasteiger partial charge < -0.3 is 0 Å². The summed E-state index contributed by atoms with van der Waals surface area (Å²) in [5.74, 6) is 2.09. The van der Waals surface area contributed by atoms with E-state index in [1.807, 2.05) is 0 Å². The van der Waals surface area contributed by atoms with Crippen LogP contribution in [0.2, 0.25) is 0 Å². The Hall–Kier alpha value is 0. The molecule has 0 heterocycles. The summed E-state index contributed by atoms with van der Waals surface area (Å²) < 4.78 is 0. The number of hydrogen-bond donors (Lipinski definition) is 0. The second-order valence-electron chi connectivity index (χ2n) is 5.38. The van der Waals surface area contributed by atoms with Gasteiger partial charge in [-0.15, -0.1) is 0 Å². The Morgan fingerprint density at radius 2 is 1.44 bits per heavy atom. The Morgan fingerprint density at radius 3 is 1.69 bits per heavy atom. The van der Waals surface area contributed by atoms with E-state index in [0.29, 0.717) is 0 Å². The lowest BCUT2D eigenvalue weighted by molar-refractivity contribution is 0.349. The number of rotatable bonds is 5. The lowest BCUT2D eigenvalue weighted by Gasteiger charge is -2.18. The summed E-state index contributed by atoms with van der Waals surface area (Å²) in [6.45, 7) is 9.14.